The number of H-pyrrole nitrogens is 1. The number of hydrogen-bond donors (Lipinski definition) is 3. The largest absolute Gasteiger partial charge is 0.361 e. The van der Waals surface area contributed by atoms with Crippen molar-refractivity contribution in [3.05, 3.63) is 89.7 Å². The molecular formula is C23H19N5O. The molecular weight excluding hydrogens is 362 g/mol. The average molecular weight is 381 g/mol. The van der Waals surface area contributed by atoms with E-state index in [1.165, 1.54) is 17.1 Å². The van der Waals surface area contributed by atoms with Crippen molar-refractivity contribution in [3.63, 3.8) is 0 Å². The van der Waals surface area contributed by atoms with Crippen molar-refractivity contribution >= 4 is 28.3 Å². The molecule has 0 saturated carbocycles. The number of carbonyl (C=O) groups excluding carboxylic acids is 1. The predicted octanol–water partition coefficient (Wildman–Crippen LogP) is 4.15. The summed E-state index contributed by atoms with van der Waals surface area (Å²) in [5.74, 6) is 0.407. The number of aromatic amines is 1. The van der Waals surface area contributed by atoms with Crippen molar-refractivity contribution in [2.24, 2.45) is 0 Å². The molecule has 2 heterocycles. The zero-order valence-electron chi connectivity index (χ0n) is 15.6. The molecule has 0 radical (unpaired) electrons. The number of hydrogen-bond acceptors (Lipinski definition) is 4. The molecule has 4 aromatic rings. The van der Waals surface area contributed by atoms with Crippen molar-refractivity contribution in [1.29, 1.82) is 5.26 Å². The maximum absolute atomic E-state index is 12.4. The normalized spacial score (nSPS) is 10.4. The van der Waals surface area contributed by atoms with Gasteiger partial charge in [0, 0.05) is 29.8 Å². The highest BCUT2D eigenvalue weighted by Crippen LogP contribution is 2.19. The van der Waals surface area contributed by atoms with Crippen molar-refractivity contribution in [3.8, 4) is 6.07 Å². The Bertz CT molecular complexity index is 1190. The second kappa shape index (κ2) is 8.28. The van der Waals surface area contributed by atoms with E-state index >= 15 is 0 Å². The van der Waals surface area contributed by atoms with E-state index in [1.807, 2.05) is 36.5 Å². The van der Waals surface area contributed by atoms with Crippen LogP contribution in [0.3, 0.4) is 0 Å². The van der Waals surface area contributed by atoms with Gasteiger partial charge in [-0.3, -0.25) is 4.79 Å². The Morgan fingerprint density at radius 1 is 1.07 bits per heavy atom. The summed E-state index contributed by atoms with van der Waals surface area (Å²) in [5.41, 5.74) is 3.98. The van der Waals surface area contributed by atoms with E-state index in [2.05, 4.69) is 32.7 Å². The lowest BCUT2D eigenvalue weighted by molar-refractivity contribution is 0.0954. The third kappa shape index (κ3) is 4.09. The van der Waals surface area contributed by atoms with Crippen molar-refractivity contribution in [1.82, 2.24) is 15.3 Å². The fourth-order valence-corrected chi connectivity index (χ4v) is 3.18. The summed E-state index contributed by atoms with van der Waals surface area (Å²) >= 11 is 0. The van der Waals surface area contributed by atoms with Gasteiger partial charge in [0.25, 0.3) is 5.91 Å². The number of anilines is 2. The molecule has 0 aliphatic carbocycles. The van der Waals surface area contributed by atoms with E-state index in [-0.39, 0.29) is 5.91 Å². The monoisotopic (exact) mass is 381 g/mol. The van der Waals surface area contributed by atoms with Gasteiger partial charge < -0.3 is 15.6 Å². The fourth-order valence-electron chi connectivity index (χ4n) is 3.18. The summed E-state index contributed by atoms with van der Waals surface area (Å²) in [4.78, 5) is 19.9. The highest BCUT2D eigenvalue weighted by molar-refractivity contribution is 5.94. The molecule has 0 atom stereocenters. The lowest BCUT2D eigenvalue weighted by Gasteiger charge is -2.08. The van der Waals surface area contributed by atoms with E-state index in [9.17, 15) is 4.79 Å². The van der Waals surface area contributed by atoms with Gasteiger partial charge in [-0.2, -0.15) is 5.26 Å². The maximum Gasteiger partial charge on any atom is 0.252 e. The SMILES string of the molecule is N#Cc1ccccc1Nc1ccc(C(=O)NCCc2c[nH]c3ccccc23)cn1. The van der Waals surface area contributed by atoms with Crippen molar-refractivity contribution in [2.75, 3.05) is 11.9 Å². The molecule has 0 saturated heterocycles. The zero-order valence-corrected chi connectivity index (χ0v) is 15.6. The molecule has 3 N–H and O–H groups in total. The zero-order chi connectivity index (χ0) is 20.1. The summed E-state index contributed by atoms with van der Waals surface area (Å²) in [6, 6.07) is 20.9. The number of fused-ring (bicyclic) bond motifs is 1. The molecule has 6 nitrogen and oxygen atoms in total. The molecule has 0 spiro atoms. The van der Waals surface area contributed by atoms with Crippen LogP contribution >= 0.6 is 0 Å². The number of nitrogens with zero attached hydrogens (tertiary/aromatic N) is 2. The first-order chi connectivity index (χ1) is 14.2. The third-order valence-corrected chi connectivity index (χ3v) is 4.69. The molecule has 142 valence electrons. The Kier molecular flexibility index (Phi) is 5.21. The quantitative estimate of drug-likeness (QED) is 0.468. The Balaban J connectivity index is 1.35. The summed E-state index contributed by atoms with van der Waals surface area (Å²) in [5, 5.41) is 16.4. The predicted molar refractivity (Wildman–Crippen MR) is 113 cm³/mol. The number of pyridine rings is 1. The van der Waals surface area contributed by atoms with Crippen LogP contribution in [0.15, 0.2) is 73.1 Å². The van der Waals surface area contributed by atoms with E-state index in [0.29, 0.717) is 29.2 Å². The van der Waals surface area contributed by atoms with E-state index in [0.717, 1.165) is 11.9 Å². The second-order valence-corrected chi connectivity index (χ2v) is 6.58. The van der Waals surface area contributed by atoms with E-state index in [4.69, 9.17) is 5.26 Å². The van der Waals surface area contributed by atoms with Gasteiger partial charge in [-0.15, -0.1) is 0 Å². The number of amides is 1. The van der Waals surface area contributed by atoms with Gasteiger partial charge >= 0.3 is 0 Å². The summed E-state index contributed by atoms with van der Waals surface area (Å²) in [7, 11) is 0. The number of rotatable bonds is 6. The number of benzene rings is 2. The van der Waals surface area contributed by atoms with Crippen molar-refractivity contribution in [2.45, 2.75) is 6.42 Å². The van der Waals surface area contributed by atoms with Crippen LogP contribution in [-0.2, 0) is 6.42 Å². The minimum atomic E-state index is -0.165. The number of carbonyl (C=O) groups is 1. The van der Waals surface area contributed by atoms with Crippen LogP contribution in [0, 0.1) is 11.3 Å². The third-order valence-electron chi connectivity index (χ3n) is 4.69. The molecule has 0 bridgehead atoms. The number of aromatic nitrogens is 2. The Hall–Kier alpha value is -4.11. The summed E-state index contributed by atoms with van der Waals surface area (Å²) < 4.78 is 0. The number of para-hydroxylation sites is 2. The molecule has 0 aliphatic heterocycles. The summed E-state index contributed by atoms with van der Waals surface area (Å²) in [6.07, 6.45) is 4.25. The molecule has 2 aromatic heterocycles. The molecule has 6 heteroatoms. The molecule has 0 unspecified atom stereocenters. The smallest absolute Gasteiger partial charge is 0.252 e. The minimum Gasteiger partial charge on any atom is -0.361 e. The van der Waals surface area contributed by atoms with Gasteiger partial charge in [0.2, 0.25) is 0 Å². The molecule has 0 aliphatic rings. The second-order valence-electron chi connectivity index (χ2n) is 6.58. The van der Waals surface area contributed by atoms with Crippen LogP contribution in [0.5, 0.6) is 0 Å². The lowest BCUT2D eigenvalue weighted by Crippen LogP contribution is -2.25. The molecule has 0 fully saturated rings. The Morgan fingerprint density at radius 2 is 1.90 bits per heavy atom. The van der Waals surface area contributed by atoms with Gasteiger partial charge in [-0.1, -0.05) is 30.3 Å². The van der Waals surface area contributed by atoms with E-state index in [1.54, 1.807) is 24.3 Å². The van der Waals surface area contributed by atoms with Crippen LogP contribution in [0.1, 0.15) is 21.5 Å². The first-order valence-corrected chi connectivity index (χ1v) is 9.30. The first-order valence-electron chi connectivity index (χ1n) is 9.30. The van der Waals surface area contributed by atoms with E-state index < -0.39 is 0 Å². The van der Waals surface area contributed by atoms with Gasteiger partial charge in [-0.25, -0.2) is 4.98 Å². The summed E-state index contributed by atoms with van der Waals surface area (Å²) in [6.45, 7) is 0.538. The van der Waals surface area contributed by atoms with Crippen LogP contribution in [0.25, 0.3) is 10.9 Å². The lowest BCUT2D eigenvalue weighted by atomic mass is 10.1. The minimum absolute atomic E-state index is 0.165. The van der Waals surface area contributed by atoms with Gasteiger partial charge in [0.1, 0.15) is 11.9 Å². The van der Waals surface area contributed by atoms with Crippen LogP contribution in [0.4, 0.5) is 11.5 Å². The standard InChI is InChI=1S/C23H19N5O/c24-13-16-5-1-3-7-20(16)28-22-10-9-18(15-27-22)23(29)25-12-11-17-14-26-21-8-4-2-6-19(17)21/h1-10,14-15,26H,11-12H2,(H,25,29)(H,27,28). The molecule has 2 aromatic carbocycles. The van der Waals surface area contributed by atoms with Crippen LogP contribution in [0.2, 0.25) is 0 Å². The highest BCUT2D eigenvalue weighted by Gasteiger charge is 2.08. The molecule has 1 amide bonds. The van der Waals surface area contributed by atoms with Crippen LogP contribution < -0.4 is 10.6 Å². The van der Waals surface area contributed by atoms with Crippen molar-refractivity contribution < 1.29 is 4.79 Å². The Labute approximate surface area is 168 Å². The maximum atomic E-state index is 12.4. The Morgan fingerprint density at radius 3 is 2.72 bits per heavy atom. The number of nitriles is 1. The topological polar surface area (TPSA) is 93.6 Å². The van der Waals surface area contributed by atoms with Crippen LogP contribution in [-0.4, -0.2) is 22.4 Å². The fraction of sp³-hybridized carbons (Fsp3) is 0.0870. The molecule has 4 rings (SSSR count). The highest BCUT2D eigenvalue weighted by atomic mass is 16.1. The van der Waals surface area contributed by atoms with Gasteiger partial charge in [0.15, 0.2) is 0 Å². The number of nitrogens with one attached hydrogen (secondary N) is 3. The first kappa shape index (κ1) is 18.3. The van der Waals surface area contributed by atoms with Gasteiger partial charge in [-0.05, 0) is 42.3 Å². The average Bonchev–Trinajstić information content (AvgIpc) is 3.18. The molecule has 29 heavy (non-hydrogen) atoms. The van der Waals surface area contributed by atoms with Gasteiger partial charge in [0.05, 0.1) is 16.8 Å².